The van der Waals surface area contributed by atoms with Crippen molar-refractivity contribution in [2.24, 2.45) is 0 Å². The molecule has 1 fully saturated rings. The minimum Gasteiger partial charge on any atom is -0.466 e. The van der Waals surface area contributed by atoms with Crippen molar-refractivity contribution in [2.75, 3.05) is 53.4 Å². The molecule has 2 heterocycles. The fraction of sp³-hybridized carbons (Fsp3) is 0.706. The molecule has 0 radical (unpaired) electrons. The van der Waals surface area contributed by atoms with Crippen LogP contribution in [0.2, 0.25) is 0 Å². The highest BCUT2D eigenvalue weighted by molar-refractivity contribution is 5.96. The van der Waals surface area contributed by atoms with E-state index in [0.717, 1.165) is 37.5 Å². The summed E-state index contributed by atoms with van der Waals surface area (Å²) in [7, 11) is 3.84. The van der Waals surface area contributed by atoms with Crippen LogP contribution in [0.1, 0.15) is 27.4 Å². The average molecular weight is 323 g/mol. The first kappa shape index (κ1) is 18.0. The normalized spacial score (nSPS) is 18.2. The Labute approximate surface area is 138 Å². The topological polar surface area (TPSA) is 60.2 Å². The summed E-state index contributed by atoms with van der Waals surface area (Å²) in [5, 5.41) is 10.3. The molecule has 0 spiro atoms. The molecule has 6 heteroatoms. The van der Waals surface area contributed by atoms with E-state index in [0.29, 0.717) is 24.4 Å². The summed E-state index contributed by atoms with van der Waals surface area (Å²) in [6.45, 7) is 10.5. The Morgan fingerprint density at radius 2 is 1.83 bits per heavy atom. The van der Waals surface area contributed by atoms with Crippen molar-refractivity contribution in [3.63, 3.8) is 0 Å². The van der Waals surface area contributed by atoms with Crippen LogP contribution < -0.4 is 0 Å². The number of aliphatic hydroxyl groups is 1. The molecule has 1 atom stereocenters. The lowest BCUT2D eigenvalue weighted by molar-refractivity contribution is 0.0500. The molecule has 0 saturated carbocycles. The third-order valence-corrected chi connectivity index (χ3v) is 4.67. The van der Waals surface area contributed by atoms with Gasteiger partial charge in [-0.05, 0) is 27.8 Å². The molecule has 0 aliphatic carbocycles. The minimum absolute atomic E-state index is 0.0886. The molecule has 1 aliphatic heterocycles. The first-order valence-electron chi connectivity index (χ1n) is 8.20. The molecular weight excluding hydrogens is 294 g/mol. The van der Waals surface area contributed by atoms with Crippen LogP contribution in [0, 0.1) is 20.8 Å². The van der Waals surface area contributed by atoms with Gasteiger partial charge in [0, 0.05) is 51.9 Å². The summed E-state index contributed by atoms with van der Waals surface area (Å²) in [5.41, 5.74) is 1.50. The standard InChI is InChI=1S/C17H29N3O3/c1-12-13(2)23-14(3)16(12)17(22)19(5)10-15(21)11-20-8-6-18(4)7-9-20/h15,21H,6-11H2,1-5H3. The van der Waals surface area contributed by atoms with Gasteiger partial charge >= 0.3 is 0 Å². The highest BCUT2D eigenvalue weighted by atomic mass is 16.3. The second-order valence-electron chi connectivity index (χ2n) is 6.66. The maximum atomic E-state index is 12.6. The summed E-state index contributed by atoms with van der Waals surface area (Å²) in [6.07, 6.45) is -0.541. The molecule has 2 rings (SSSR count). The third kappa shape index (κ3) is 4.34. The Kier molecular flexibility index (Phi) is 5.84. The number of carbonyl (C=O) groups is 1. The molecule has 0 bridgehead atoms. The molecule has 1 N–H and O–H groups in total. The Morgan fingerprint density at radius 3 is 2.35 bits per heavy atom. The number of rotatable bonds is 5. The maximum Gasteiger partial charge on any atom is 0.257 e. The van der Waals surface area contributed by atoms with E-state index in [1.165, 1.54) is 0 Å². The van der Waals surface area contributed by atoms with Crippen molar-refractivity contribution in [2.45, 2.75) is 26.9 Å². The van der Waals surface area contributed by atoms with E-state index in [4.69, 9.17) is 4.42 Å². The molecule has 23 heavy (non-hydrogen) atoms. The molecular formula is C17H29N3O3. The summed E-state index contributed by atoms with van der Waals surface area (Å²) in [4.78, 5) is 18.7. The highest BCUT2D eigenvalue weighted by Crippen LogP contribution is 2.22. The molecule has 1 aromatic heterocycles. The number of carbonyl (C=O) groups excluding carboxylic acids is 1. The lowest BCUT2D eigenvalue weighted by Crippen LogP contribution is -2.49. The molecule has 1 saturated heterocycles. The lowest BCUT2D eigenvalue weighted by Gasteiger charge is -2.34. The van der Waals surface area contributed by atoms with Crippen molar-refractivity contribution in [3.8, 4) is 0 Å². The number of hydrogen-bond donors (Lipinski definition) is 1. The zero-order valence-electron chi connectivity index (χ0n) is 14.9. The molecule has 1 unspecified atom stereocenters. The number of furan rings is 1. The van der Waals surface area contributed by atoms with E-state index in [2.05, 4.69) is 16.8 Å². The first-order valence-corrected chi connectivity index (χ1v) is 8.20. The van der Waals surface area contributed by atoms with Crippen LogP contribution in [-0.4, -0.2) is 85.2 Å². The van der Waals surface area contributed by atoms with Gasteiger partial charge in [0.25, 0.3) is 5.91 Å². The van der Waals surface area contributed by atoms with Gasteiger partial charge < -0.3 is 19.3 Å². The monoisotopic (exact) mass is 323 g/mol. The van der Waals surface area contributed by atoms with E-state index in [-0.39, 0.29) is 5.91 Å². The van der Waals surface area contributed by atoms with Crippen LogP contribution in [0.4, 0.5) is 0 Å². The number of amides is 1. The predicted molar refractivity (Wildman–Crippen MR) is 89.8 cm³/mol. The van der Waals surface area contributed by atoms with Gasteiger partial charge in [0.1, 0.15) is 11.5 Å². The van der Waals surface area contributed by atoms with Crippen LogP contribution in [0.5, 0.6) is 0 Å². The number of piperazine rings is 1. The van der Waals surface area contributed by atoms with Crippen LogP contribution in [0.15, 0.2) is 4.42 Å². The number of nitrogens with zero attached hydrogens (tertiary/aromatic N) is 3. The summed E-state index contributed by atoms with van der Waals surface area (Å²) >= 11 is 0. The molecule has 1 aliphatic rings. The van der Waals surface area contributed by atoms with E-state index in [9.17, 15) is 9.90 Å². The van der Waals surface area contributed by atoms with Gasteiger partial charge in [-0.2, -0.15) is 0 Å². The molecule has 6 nitrogen and oxygen atoms in total. The van der Waals surface area contributed by atoms with Crippen molar-refractivity contribution < 1.29 is 14.3 Å². The maximum absolute atomic E-state index is 12.6. The van der Waals surface area contributed by atoms with Crippen LogP contribution in [0.3, 0.4) is 0 Å². The molecule has 1 amide bonds. The SMILES string of the molecule is Cc1oc(C)c(C(=O)N(C)CC(O)CN2CCN(C)CC2)c1C. The second kappa shape index (κ2) is 7.47. The number of β-amino-alcohol motifs (C(OH)–C–C–N with tert-alkyl or cyclic N) is 1. The van der Waals surface area contributed by atoms with Crippen molar-refractivity contribution in [3.05, 3.63) is 22.6 Å². The van der Waals surface area contributed by atoms with Gasteiger partial charge in [0.2, 0.25) is 0 Å². The largest absolute Gasteiger partial charge is 0.466 e. The van der Waals surface area contributed by atoms with Crippen molar-refractivity contribution >= 4 is 5.91 Å². The Bertz CT molecular complexity index is 548. The first-order chi connectivity index (χ1) is 10.8. The summed E-state index contributed by atoms with van der Waals surface area (Å²) in [5.74, 6) is 1.33. The average Bonchev–Trinajstić information content (AvgIpc) is 2.73. The van der Waals surface area contributed by atoms with E-state index >= 15 is 0 Å². The van der Waals surface area contributed by atoms with Crippen LogP contribution >= 0.6 is 0 Å². The quantitative estimate of drug-likeness (QED) is 0.872. The zero-order chi connectivity index (χ0) is 17.1. The number of likely N-dealkylation sites (N-methyl/N-ethyl adjacent to an activating group) is 2. The highest BCUT2D eigenvalue weighted by Gasteiger charge is 2.24. The van der Waals surface area contributed by atoms with Gasteiger partial charge in [-0.15, -0.1) is 0 Å². The smallest absolute Gasteiger partial charge is 0.257 e. The van der Waals surface area contributed by atoms with Crippen LogP contribution in [0.25, 0.3) is 0 Å². The van der Waals surface area contributed by atoms with Gasteiger partial charge in [0.05, 0.1) is 11.7 Å². The Balaban J connectivity index is 1.90. The Hall–Kier alpha value is -1.37. The van der Waals surface area contributed by atoms with Gasteiger partial charge in [-0.25, -0.2) is 0 Å². The molecule has 0 aromatic carbocycles. The summed E-state index contributed by atoms with van der Waals surface area (Å²) < 4.78 is 5.53. The van der Waals surface area contributed by atoms with Gasteiger partial charge in [-0.1, -0.05) is 0 Å². The van der Waals surface area contributed by atoms with Crippen molar-refractivity contribution in [1.82, 2.24) is 14.7 Å². The van der Waals surface area contributed by atoms with E-state index < -0.39 is 6.10 Å². The van der Waals surface area contributed by atoms with E-state index in [1.807, 2.05) is 20.8 Å². The zero-order valence-corrected chi connectivity index (χ0v) is 14.9. The number of aliphatic hydroxyl groups excluding tert-OH is 1. The lowest BCUT2D eigenvalue weighted by atomic mass is 10.1. The number of aryl methyl sites for hydroxylation is 2. The summed E-state index contributed by atoms with van der Waals surface area (Å²) in [6, 6.07) is 0. The Morgan fingerprint density at radius 1 is 1.22 bits per heavy atom. The fourth-order valence-corrected chi connectivity index (χ4v) is 3.08. The third-order valence-electron chi connectivity index (χ3n) is 4.67. The van der Waals surface area contributed by atoms with Gasteiger partial charge in [0.15, 0.2) is 0 Å². The van der Waals surface area contributed by atoms with E-state index in [1.54, 1.807) is 11.9 Å². The molecule has 1 aromatic rings. The minimum atomic E-state index is -0.541. The predicted octanol–water partition coefficient (Wildman–Crippen LogP) is 0.885. The second-order valence-corrected chi connectivity index (χ2v) is 6.66. The molecule has 130 valence electrons. The number of hydrogen-bond acceptors (Lipinski definition) is 5. The van der Waals surface area contributed by atoms with Crippen LogP contribution in [-0.2, 0) is 0 Å². The van der Waals surface area contributed by atoms with Crippen molar-refractivity contribution in [1.29, 1.82) is 0 Å². The fourth-order valence-electron chi connectivity index (χ4n) is 3.08. The van der Waals surface area contributed by atoms with Gasteiger partial charge in [-0.3, -0.25) is 9.69 Å².